The molecule has 0 radical (unpaired) electrons. The average molecular weight is 589 g/mol. The topological polar surface area (TPSA) is 139 Å². The second kappa shape index (κ2) is 10.8. The predicted molar refractivity (Wildman–Crippen MR) is 161 cm³/mol. The van der Waals surface area contributed by atoms with Crippen molar-refractivity contribution in [1.82, 2.24) is 30.1 Å². The summed E-state index contributed by atoms with van der Waals surface area (Å²) in [7, 11) is 1.38. The first-order valence-electron chi connectivity index (χ1n) is 14.1. The van der Waals surface area contributed by atoms with Gasteiger partial charge in [-0.25, -0.2) is 14.3 Å². The zero-order chi connectivity index (χ0) is 28.8. The molecule has 3 aliphatic heterocycles. The third-order valence-electron chi connectivity index (χ3n) is 8.13. The molecule has 12 nitrogen and oxygen atoms in total. The Kier molecular flexibility index (Phi) is 6.82. The molecule has 2 amide bonds. The summed E-state index contributed by atoms with van der Waals surface area (Å²) in [6.45, 7) is 3.85. The highest BCUT2D eigenvalue weighted by atomic mass is 32.1. The molecule has 7 rings (SSSR count). The predicted octanol–water partition coefficient (Wildman–Crippen LogP) is 2.74. The van der Waals surface area contributed by atoms with Crippen LogP contribution in [0.5, 0.6) is 5.75 Å². The number of carbonyl (C=O) groups is 2. The Morgan fingerprint density at radius 3 is 2.90 bits per heavy atom. The van der Waals surface area contributed by atoms with E-state index in [9.17, 15) is 9.59 Å². The fraction of sp³-hybridized carbons (Fsp3) is 0.379. The molecule has 3 aliphatic rings. The molecule has 6 heterocycles. The lowest BCUT2D eigenvalue weighted by Gasteiger charge is -2.34. The Hall–Kier alpha value is -4.36. The maximum absolute atomic E-state index is 13.7. The Labute approximate surface area is 246 Å². The molecular formula is C29H32N8O4S. The molecule has 0 unspecified atom stereocenters. The summed E-state index contributed by atoms with van der Waals surface area (Å²) >= 11 is 1.47. The molecule has 42 heavy (non-hydrogen) atoms. The van der Waals surface area contributed by atoms with Crippen molar-refractivity contribution in [2.24, 2.45) is 0 Å². The van der Waals surface area contributed by atoms with Crippen LogP contribution in [0.3, 0.4) is 0 Å². The normalized spacial score (nSPS) is 19.2. The van der Waals surface area contributed by atoms with E-state index in [1.54, 1.807) is 9.42 Å². The van der Waals surface area contributed by atoms with Crippen LogP contribution in [0.4, 0.5) is 16.3 Å². The van der Waals surface area contributed by atoms with Gasteiger partial charge in [0.05, 0.1) is 25.0 Å². The van der Waals surface area contributed by atoms with Gasteiger partial charge in [0.2, 0.25) is 0 Å². The number of methoxy groups -OCH3 is 1. The van der Waals surface area contributed by atoms with Crippen molar-refractivity contribution in [2.75, 3.05) is 57.0 Å². The number of fused-ring (bicyclic) bond motifs is 2. The Morgan fingerprint density at radius 2 is 2.10 bits per heavy atom. The van der Waals surface area contributed by atoms with E-state index >= 15 is 0 Å². The molecule has 4 N–H and O–H groups in total. The van der Waals surface area contributed by atoms with Gasteiger partial charge < -0.3 is 35.6 Å². The molecular weight excluding hydrogens is 556 g/mol. The second-order valence-corrected chi connectivity index (χ2v) is 11.9. The lowest BCUT2D eigenvalue weighted by Crippen LogP contribution is -2.50. The summed E-state index contributed by atoms with van der Waals surface area (Å²) < 4.78 is 14.0. The number of ether oxygens (including phenoxy) is 2. The van der Waals surface area contributed by atoms with Crippen LogP contribution in [0.15, 0.2) is 42.7 Å². The summed E-state index contributed by atoms with van der Waals surface area (Å²) in [6.07, 6.45) is 4.90. The second-order valence-electron chi connectivity index (χ2n) is 10.8. The van der Waals surface area contributed by atoms with Crippen LogP contribution in [-0.2, 0) is 4.74 Å². The minimum absolute atomic E-state index is 0.0689. The molecule has 0 saturated carbocycles. The highest BCUT2D eigenvalue weighted by Gasteiger charge is 2.31. The number of nitrogens with zero attached hydrogens (tertiary/aromatic N) is 5. The van der Waals surface area contributed by atoms with Crippen molar-refractivity contribution in [2.45, 2.75) is 25.0 Å². The zero-order valence-electron chi connectivity index (χ0n) is 23.2. The third-order valence-corrected chi connectivity index (χ3v) is 9.28. The number of carbonyl (C=O) groups excluding carboxylic acids is 2. The van der Waals surface area contributed by atoms with Gasteiger partial charge in [0.1, 0.15) is 22.8 Å². The van der Waals surface area contributed by atoms with Gasteiger partial charge in [-0.05, 0) is 36.6 Å². The zero-order valence-corrected chi connectivity index (χ0v) is 24.0. The van der Waals surface area contributed by atoms with Crippen LogP contribution in [-0.4, -0.2) is 90.0 Å². The summed E-state index contributed by atoms with van der Waals surface area (Å²) in [5.74, 6) is 0.930. The minimum atomic E-state index is -0.373. The Bertz CT molecular complexity index is 1710. The molecule has 0 bridgehead atoms. The van der Waals surface area contributed by atoms with Crippen molar-refractivity contribution in [3.05, 3.63) is 53.3 Å². The SMILES string of the molecule is COC(=O)N1CC=C(c2cc(N3CCC[C@@H](NC(=O)c4sc5ccccc5c4OC4CNC4)C3)c3c(N)ncnn23)C1. The molecule has 2 fully saturated rings. The Morgan fingerprint density at radius 1 is 1.24 bits per heavy atom. The van der Waals surface area contributed by atoms with Gasteiger partial charge in [0.15, 0.2) is 11.6 Å². The fourth-order valence-corrected chi connectivity index (χ4v) is 6.93. The van der Waals surface area contributed by atoms with E-state index in [1.807, 2.05) is 30.3 Å². The number of nitrogen functional groups attached to an aromatic ring is 1. The van der Waals surface area contributed by atoms with Crippen molar-refractivity contribution in [3.63, 3.8) is 0 Å². The van der Waals surface area contributed by atoms with Gasteiger partial charge in [0, 0.05) is 48.9 Å². The largest absolute Gasteiger partial charge is 0.485 e. The lowest BCUT2D eigenvalue weighted by molar-refractivity contribution is 0.0925. The summed E-state index contributed by atoms with van der Waals surface area (Å²) in [5, 5.41) is 12.0. The van der Waals surface area contributed by atoms with Crippen molar-refractivity contribution < 1.29 is 19.1 Å². The smallest absolute Gasteiger partial charge is 0.410 e. The van der Waals surface area contributed by atoms with Crippen LogP contribution in [0.25, 0.3) is 21.2 Å². The molecule has 218 valence electrons. The molecule has 0 aliphatic carbocycles. The van der Waals surface area contributed by atoms with Crippen LogP contribution in [0.1, 0.15) is 28.2 Å². The summed E-state index contributed by atoms with van der Waals surface area (Å²) in [5.41, 5.74) is 9.81. The standard InChI is InChI=1S/C29H32N8O4S/c1-40-29(39)36-10-8-17(14-36)21-11-22(24-27(30)32-16-33-37(21)24)35-9-4-5-18(15-35)34-28(38)26-25(41-19-12-31-13-19)20-6-2-3-7-23(20)42-26/h2-3,6-8,11,16,18-19,31H,4-5,9-10,12-15H2,1H3,(H,34,38)(H2,30,32,33)/t18-/m1/s1. The molecule has 3 aromatic heterocycles. The van der Waals surface area contributed by atoms with Crippen LogP contribution < -0.4 is 26.0 Å². The van der Waals surface area contributed by atoms with Gasteiger partial charge in [-0.1, -0.05) is 18.2 Å². The number of hydrogen-bond acceptors (Lipinski definition) is 10. The molecule has 1 atom stereocenters. The van der Waals surface area contributed by atoms with Crippen LogP contribution >= 0.6 is 11.3 Å². The number of anilines is 2. The highest BCUT2D eigenvalue weighted by Crippen LogP contribution is 2.39. The van der Waals surface area contributed by atoms with E-state index in [0.29, 0.717) is 41.6 Å². The van der Waals surface area contributed by atoms with E-state index in [0.717, 1.165) is 59.5 Å². The van der Waals surface area contributed by atoms with Crippen LogP contribution in [0.2, 0.25) is 0 Å². The maximum Gasteiger partial charge on any atom is 0.410 e. The van der Waals surface area contributed by atoms with Gasteiger partial charge in [-0.2, -0.15) is 5.10 Å². The quantitative estimate of drug-likeness (QED) is 0.310. The molecule has 2 saturated heterocycles. The number of rotatable bonds is 6. The van der Waals surface area contributed by atoms with Gasteiger partial charge in [-0.3, -0.25) is 4.79 Å². The average Bonchev–Trinajstić information content (AvgIpc) is 3.71. The van der Waals surface area contributed by atoms with E-state index < -0.39 is 0 Å². The first kappa shape index (κ1) is 26.5. The van der Waals surface area contributed by atoms with E-state index in [4.69, 9.17) is 15.2 Å². The van der Waals surface area contributed by atoms with Crippen LogP contribution in [0, 0.1) is 0 Å². The van der Waals surface area contributed by atoms with Crippen molar-refractivity contribution in [1.29, 1.82) is 0 Å². The summed E-state index contributed by atoms with van der Waals surface area (Å²) in [6, 6.07) is 9.98. The minimum Gasteiger partial charge on any atom is -0.485 e. The summed E-state index contributed by atoms with van der Waals surface area (Å²) in [4.78, 5) is 34.5. The lowest BCUT2D eigenvalue weighted by atomic mass is 10.0. The number of thiophene rings is 1. The van der Waals surface area contributed by atoms with Crippen molar-refractivity contribution in [3.8, 4) is 5.75 Å². The fourth-order valence-electron chi connectivity index (χ4n) is 5.89. The monoisotopic (exact) mass is 588 g/mol. The number of nitrogens with one attached hydrogen (secondary N) is 2. The molecule has 4 aromatic rings. The van der Waals surface area contributed by atoms with Crippen molar-refractivity contribution >= 4 is 56.0 Å². The molecule has 13 heteroatoms. The van der Waals surface area contributed by atoms with E-state index in [1.165, 1.54) is 24.8 Å². The van der Waals surface area contributed by atoms with Gasteiger partial charge in [0.25, 0.3) is 5.91 Å². The number of nitrogens with two attached hydrogens (primary N) is 1. The first-order valence-corrected chi connectivity index (χ1v) is 14.9. The third kappa shape index (κ3) is 4.68. The molecule has 0 spiro atoms. The number of aromatic nitrogens is 3. The van der Waals surface area contributed by atoms with E-state index in [-0.39, 0.29) is 24.1 Å². The first-order chi connectivity index (χ1) is 20.5. The number of amides is 2. The number of piperidine rings is 1. The van der Waals surface area contributed by atoms with Gasteiger partial charge >= 0.3 is 6.09 Å². The molecule has 1 aromatic carbocycles. The highest BCUT2D eigenvalue weighted by molar-refractivity contribution is 7.21. The number of benzene rings is 1. The Balaban J connectivity index is 1.14. The van der Waals surface area contributed by atoms with E-state index in [2.05, 4.69) is 31.7 Å². The van der Waals surface area contributed by atoms with Gasteiger partial charge in [-0.15, -0.1) is 11.3 Å². The maximum atomic E-state index is 13.7. The number of hydrogen-bond donors (Lipinski definition) is 3.